The first-order valence-corrected chi connectivity index (χ1v) is 22.2. The maximum absolute atomic E-state index is 11.9. The van der Waals surface area contributed by atoms with E-state index < -0.39 is 202 Å². The number of rotatable bonds is 17. The molecule has 0 saturated carbocycles. The maximum Gasteiger partial charge on any atom is 0.470 e. The van der Waals surface area contributed by atoms with E-state index in [-0.39, 0.29) is 0 Å². The van der Waals surface area contributed by atoms with E-state index in [1.54, 1.807) is 0 Å². The summed E-state index contributed by atoms with van der Waals surface area (Å²) in [7, 11) is -10.8. The fraction of sp³-hybridized carbons (Fsp3) is 1.00. The van der Waals surface area contributed by atoms with E-state index in [4.69, 9.17) is 48.4 Å². The Morgan fingerprint density at radius 3 is 1.38 bits per heavy atom. The van der Waals surface area contributed by atoms with Crippen molar-refractivity contribution in [2.24, 2.45) is 5.73 Å². The molecule has 0 spiro atoms. The van der Waals surface area contributed by atoms with Gasteiger partial charge in [0.05, 0.1) is 39.1 Å². The number of hydrogen-bond donors (Lipinski definition) is 19. The van der Waals surface area contributed by atoms with Gasteiger partial charge in [-0.05, 0) is 0 Å². The summed E-state index contributed by atoms with van der Waals surface area (Å²) in [6.07, 6.45) is -48.8. The van der Waals surface area contributed by atoms with Crippen LogP contribution in [-0.2, 0) is 60.8 Å². The second-order valence-electron chi connectivity index (χ2n) is 15.3. The van der Waals surface area contributed by atoms with Crippen LogP contribution in [0.4, 0.5) is 0 Å². The number of phosphoric ester groups is 2. The van der Waals surface area contributed by atoms with E-state index in [2.05, 4.69) is 9.05 Å². The van der Waals surface area contributed by atoms with Gasteiger partial charge in [-0.3, -0.25) is 9.05 Å². The molecule has 376 valence electrons. The van der Waals surface area contributed by atoms with Crippen LogP contribution in [-0.4, -0.2) is 278 Å². The van der Waals surface area contributed by atoms with Crippen molar-refractivity contribution in [1.82, 2.24) is 0 Å². The highest BCUT2D eigenvalue weighted by atomic mass is 31.2. The van der Waals surface area contributed by atoms with Gasteiger partial charge in [0.2, 0.25) is 0 Å². The van der Waals surface area contributed by atoms with E-state index in [0.29, 0.717) is 0 Å². The van der Waals surface area contributed by atoms with Gasteiger partial charge in [0.25, 0.3) is 0 Å². The Bertz CT molecular complexity index is 1560. The third kappa shape index (κ3) is 12.5. The summed E-state index contributed by atoms with van der Waals surface area (Å²) < 4.78 is 82.4. The molecule has 0 aromatic heterocycles. The first kappa shape index (κ1) is 54.2. The topological polar surface area (TPSA) is 526 Å². The van der Waals surface area contributed by atoms with E-state index >= 15 is 0 Å². The second kappa shape index (κ2) is 22.3. The number of ether oxygens (including phenoxy) is 9. The zero-order valence-electron chi connectivity index (χ0n) is 32.8. The van der Waals surface area contributed by atoms with Gasteiger partial charge in [0.15, 0.2) is 31.5 Å². The van der Waals surface area contributed by atoms with Crippen molar-refractivity contribution in [1.29, 1.82) is 0 Å². The number of phosphoric acid groups is 2. The molecule has 34 heteroatoms. The highest BCUT2D eigenvalue weighted by molar-refractivity contribution is 7.46. The summed E-state index contributed by atoms with van der Waals surface area (Å²) in [5.41, 5.74) is 5.74. The van der Waals surface area contributed by atoms with E-state index in [1.165, 1.54) is 0 Å². The zero-order valence-corrected chi connectivity index (χ0v) is 34.6. The maximum atomic E-state index is 11.9. The molecule has 0 bridgehead atoms. The lowest BCUT2D eigenvalue weighted by Gasteiger charge is -2.49. The lowest BCUT2D eigenvalue weighted by Crippen LogP contribution is -2.67. The van der Waals surface area contributed by atoms with Crippen LogP contribution in [0.1, 0.15) is 0 Å². The van der Waals surface area contributed by atoms with Gasteiger partial charge in [0, 0.05) is 0 Å². The van der Waals surface area contributed by atoms with Crippen LogP contribution in [0, 0.1) is 0 Å². The van der Waals surface area contributed by atoms with Crippen molar-refractivity contribution in [3.63, 3.8) is 0 Å². The summed E-state index contributed by atoms with van der Waals surface area (Å²) >= 11 is 0. The quantitative estimate of drug-likeness (QED) is 0.0602. The molecule has 0 aromatic rings. The van der Waals surface area contributed by atoms with Gasteiger partial charge >= 0.3 is 15.6 Å². The molecule has 5 aliphatic heterocycles. The van der Waals surface area contributed by atoms with Crippen LogP contribution in [0.15, 0.2) is 0 Å². The summed E-state index contributed by atoms with van der Waals surface area (Å²) in [6, 6.07) is -1.59. The molecule has 5 fully saturated rings. The zero-order chi connectivity index (χ0) is 47.7. The predicted molar refractivity (Wildman–Crippen MR) is 190 cm³/mol. The standard InChI is InChI=1S/C30H55NO31P2/c31-11-16(39)22(8(3-34)54-26(11)45)59-30-25(62-64(49,50)51)20(43)14(37)9(57-30)4-52-28-23(18(41)13(36)7(2-33)56-28)61-29-24(19(42)15(38)10(58-29)5-53-63(46,47)48)60-27-21(44)17(40)12(35)6(1-32)55-27/h6-30,32-45H,1-5,31H2,(H2,46,47,48)(H2,49,50,51)/t6-,7-,8-,9-,10-,11-,12-,13-,14-,15-,16-,17+,18+,19+,20+,21+,22-,23+,24+,25+,26+,27-,28+,29-,30-/m1/s1. The molecule has 5 rings (SSSR count). The Kier molecular flexibility index (Phi) is 18.9. The van der Waals surface area contributed by atoms with Crippen LogP contribution in [0.25, 0.3) is 0 Å². The van der Waals surface area contributed by atoms with E-state index in [1.807, 2.05) is 0 Å². The molecule has 5 aliphatic rings. The van der Waals surface area contributed by atoms with Crippen molar-refractivity contribution in [3.05, 3.63) is 0 Å². The van der Waals surface area contributed by atoms with Crippen molar-refractivity contribution >= 4 is 15.6 Å². The molecule has 0 unspecified atom stereocenters. The number of hydrogen-bond acceptors (Lipinski definition) is 28. The van der Waals surface area contributed by atoms with Gasteiger partial charge in [-0.25, -0.2) is 9.13 Å². The van der Waals surface area contributed by atoms with Crippen LogP contribution in [0.3, 0.4) is 0 Å². The van der Waals surface area contributed by atoms with E-state index in [9.17, 15) is 100 Å². The van der Waals surface area contributed by atoms with Crippen LogP contribution < -0.4 is 5.73 Å². The summed E-state index contributed by atoms with van der Waals surface area (Å²) in [4.78, 5) is 37.6. The van der Waals surface area contributed by atoms with Crippen LogP contribution >= 0.6 is 15.6 Å². The number of aliphatic hydroxyl groups excluding tert-OH is 14. The Morgan fingerprint density at radius 2 is 0.844 bits per heavy atom. The van der Waals surface area contributed by atoms with Crippen molar-refractivity contribution in [2.45, 2.75) is 153 Å². The highest BCUT2D eigenvalue weighted by Crippen LogP contribution is 2.43. The molecule has 0 radical (unpaired) electrons. The van der Waals surface area contributed by atoms with Gasteiger partial charge in [-0.15, -0.1) is 0 Å². The smallest absolute Gasteiger partial charge is 0.394 e. The summed E-state index contributed by atoms with van der Waals surface area (Å²) in [6.45, 7) is -5.13. The molecular weight excluding hydrogens is 932 g/mol. The number of nitrogens with two attached hydrogens (primary N) is 1. The average Bonchev–Trinajstić information content (AvgIpc) is 3.23. The molecule has 0 aromatic carbocycles. The monoisotopic (exact) mass is 987 g/mol. The van der Waals surface area contributed by atoms with Gasteiger partial charge < -0.3 is 139 Å². The van der Waals surface area contributed by atoms with Gasteiger partial charge in [-0.1, -0.05) is 0 Å². The van der Waals surface area contributed by atoms with Crippen molar-refractivity contribution in [3.8, 4) is 0 Å². The minimum absolute atomic E-state index is 0.951. The molecule has 25 atom stereocenters. The first-order valence-electron chi connectivity index (χ1n) is 19.2. The van der Waals surface area contributed by atoms with E-state index in [0.717, 1.165) is 0 Å². The fourth-order valence-electron chi connectivity index (χ4n) is 7.33. The molecule has 0 amide bonds. The van der Waals surface area contributed by atoms with Crippen molar-refractivity contribution in [2.75, 3.05) is 33.0 Å². The Labute approximate surface area is 359 Å². The molecule has 64 heavy (non-hydrogen) atoms. The van der Waals surface area contributed by atoms with Gasteiger partial charge in [-0.2, -0.15) is 0 Å². The summed E-state index contributed by atoms with van der Waals surface area (Å²) in [5, 5.41) is 148. The lowest BCUT2D eigenvalue weighted by atomic mass is 9.96. The normalized spacial score (nSPS) is 48.6. The second-order valence-corrected chi connectivity index (χ2v) is 17.7. The molecular formula is C30H55NO31P2. The largest absolute Gasteiger partial charge is 0.470 e. The molecule has 5 saturated heterocycles. The SMILES string of the molecule is N[C@@H]1[C@@H](O)[C@H](O[C@H]2O[C@H](CO[C@H]3O[C@H](CO)[C@@H](O)[C@H](O)[C@@H]3O[C@H]3O[C@H](COP(=O)(O)O)[C@@H](O)[C@H](O)[C@@H]3O[C@H]3O[C@H](CO)[C@@H](O)[C@H](O)[C@@H]3O)[C@@H](O)[C@H](O)[C@@H]2OP(=O)(O)O)[C@@H](CO)O[C@@H]1O. The molecule has 0 aliphatic carbocycles. The lowest BCUT2D eigenvalue weighted by molar-refractivity contribution is -0.396. The van der Waals surface area contributed by atoms with Crippen molar-refractivity contribution < 1.29 is 152 Å². The highest BCUT2D eigenvalue weighted by Gasteiger charge is 2.56. The number of aliphatic hydroxyl groups is 14. The minimum Gasteiger partial charge on any atom is -0.394 e. The first-order chi connectivity index (χ1) is 29.8. The third-order valence-electron chi connectivity index (χ3n) is 10.8. The minimum atomic E-state index is -5.55. The Morgan fingerprint density at radius 1 is 0.422 bits per heavy atom. The third-order valence-corrected chi connectivity index (χ3v) is 11.9. The molecule has 20 N–H and O–H groups in total. The Hall–Kier alpha value is -0.740. The molecule has 32 nitrogen and oxygen atoms in total. The fourth-order valence-corrected chi connectivity index (χ4v) is 8.21. The predicted octanol–water partition coefficient (Wildman–Crippen LogP) is -11.7. The van der Waals surface area contributed by atoms with Crippen LogP contribution in [0.2, 0.25) is 0 Å². The van der Waals surface area contributed by atoms with Gasteiger partial charge in [0.1, 0.15) is 116 Å². The average molecular weight is 988 g/mol. The Balaban J connectivity index is 1.42. The summed E-state index contributed by atoms with van der Waals surface area (Å²) in [5.74, 6) is 0. The molecule has 5 heterocycles. The van der Waals surface area contributed by atoms with Crippen LogP contribution in [0.5, 0.6) is 0 Å².